The molecule has 0 amide bonds. The second-order valence-electron chi connectivity index (χ2n) is 4.15. The van der Waals surface area contributed by atoms with E-state index in [0.717, 1.165) is 0 Å². The van der Waals surface area contributed by atoms with Gasteiger partial charge in [-0.3, -0.25) is 0 Å². The molecule has 0 aromatic heterocycles. The van der Waals surface area contributed by atoms with Crippen LogP contribution in [0, 0.1) is 6.42 Å². The SMILES string of the molecule is [CH]1CCC2=C(C1)CCCCCC2. The van der Waals surface area contributed by atoms with Gasteiger partial charge >= 0.3 is 0 Å². The van der Waals surface area contributed by atoms with Crippen LogP contribution < -0.4 is 0 Å². The Hall–Kier alpha value is -0.260. The molecule has 2 rings (SSSR count). The van der Waals surface area contributed by atoms with Gasteiger partial charge in [0.1, 0.15) is 0 Å². The maximum Gasteiger partial charge on any atom is -0.0286 e. The second-order valence-corrected chi connectivity index (χ2v) is 4.15. The van der Waals surface area contributed by atoms with Gasteiger partial charge in [0.25, 0.3) is 0 Å². The highest BCUT2D eigenvalue weighted by Crippen LogP contribution is 2.32. The van der Waals surface area contributed by atoms with E-state index in [1.54, 1.807) is 5.57 Å². The smallest absolute Gasteiger partial charge is 0.0286 e. The Kier molecular flexibility index (Phi) is 2.86. The Morgan fingerprint density at radius 2 is 1.50 bits per heavy atom. The van der Waals surface area contributed by atoms with Crippen molar-refractivity contribution in [1.82, 2.24) is 0 Å². The van der Waals surface area contributed by atoms with Crippen molar-refractivity contribution in [2.24, 2.45) is 0 Å². The third kappa shape index (κ3) is 1.91. The van der Waals surface area contributed by atoms with E-state index in [9.17, 15) is 0 Å². The standard InChI is InChI=1S/C12H19/c1-2-4-8-12-10-6-5-9-11(12)7-3-1/h5H,1-4,6-10H2. The molecule has 2 aliphatic carbocycles. The number of allylic oxidation sites excluding steroid dienone is 2. The minimum absolute atomic E-state index is 1.31. The molecule has 1 radical (unpaired) electrons. The fourth-order valence-corrected chi connectivity index (χ4v) is 2.48. The summed E-state index contributed by atoms with van der Waals surface area (Å²) < 4.78 is 0. The highest BCUT2D eigenvalue weighted by atomic mass is 14.2. The highest BCUT2D eigenvalue weighted by molar-refractivity contribution is 5.20. The van der Waals surface area contributed by atoms with Gasteiger partial charge in [-0.15, -0.1) is 0 Å². The van der Waals surface area contributed by atoms with Gasteiger partial charge in [0, 0.05) is 0 Å². The van der Waals surface area contributed by atoms with Gasteiger partial charge in [-0.25, -0.2) is 0 Å². The molecule has 0 nitrogen and oxygen atoms in total. The maximum atomic E-state index is 2.47. The molecule has 0 spiro atoms. The van der Waals surface area contributed by atoms with E-state index in [1.807, 2.05) is 5.57 Å². The number of rotatable bonds is 0. The lowest BCUT2D eigenvalue weighted by Gasteiger charge is -2.22. The van der Waals surface area contributed by atoms with E-state index >= 15 is 0 Å². The Bertz CT molecular complexity index is 156. The van der Waals surface area contributed by atoms with Crippen LogP contribution in [0.15, 0.2) is 11.1 Å². The lowest BCUT2D eigenvalue weighted by Crippen LogP contribution is -2.03. The zero-order chi connectivity index (χ0) is 8.23. The molecule has 0 N–H and O–H groups in total. The van der Waals surface area contributed by atoms with E-state index in [-0.39, 0.29) is 0 Å². The zero-order valence-corrected chi connectivity index (χ0v) is 7.94. The van der Waals surface area contributed by atoms with Crippen molar-refractivity contribution in [3.8, 4) is 0 Å². The van der Waals surface area contributed by atoms with E-state index in [2.05, 4.69) is 6.42 Å². The molecule has 0 aliphatic heterocycles. The monoisotopic (exact) mass is 163 g/mol. The molecule has 0 fully saturated rings. The fraction of sp³-hybridized carbons (Fsp3) is 0.750. The molecule has 0 unspecified atom stereocenters. The van der Waals surface area contributed by atoms with Gasteiger partial charge in [-0.05, 0) is 51.4 Å². The molecule has 0 bridgehead atoms. The van der Waals surface area contributed by atoms with Crippen LogP contribution in [0.5, 0.6) is 0 Å². The summed E-state index contributed by atoms with van der Waals surface area (Å²) in [5, 5.41) is 0. The summed E-state index contributed by atoms with van der Waals surface area (Å²) in [5.41, 5.74) is 3.64. The van der Waals surface area contributed by atoms with Crippen LogP contribution in [-0.4, -0.2) is 0 Å². The minimum Gasteiger partial charge on any atom is -0.0710 e. The Morgan fingerprint density at radius 3 is 2.33 bits per heavy atom. The average molecular weight is 163 g/mol. The molecule has 0 atom stereocenters. The van der Waals surface area contributed by atoms with Crippen LogP contribution in [0.3, 0.4) is 0 Å². The summed E-state index contributed by atoms with van der Waals surface area (Å²) in [4.78, 5) is 0. The predicted molar refractivity (Wildman–Crippen MR) is 52.9 cm³/mol. The minimum atomic E-state index is 1.31. The van der Waals surface area contributed by atoms with Crippen LogP contribution in [0.2, 0.25) is 0 Å². The average Bonchev–Trinajstić information content (AvgIpc) is 2.06. The third-order valence-electron chi connectivity index (χ3n) is 3.25. The molecule has 0 heterocycles. The molecule has 0 aromatic rings. The lowest BCUT2D eigenvalue weighted by molar-refractivity contribution is 0.577. The quantitative estimate of drug-likeness (QED) is 0.473. The second kappa shape index (κ2) is 4.11. The summed E-state index contributed by atoms with van der Waals surface area (Å²) in [5.74, 6) is 0. The van der Waals surface area contributed by atoms with Crippen molar-refractivity contribution < 1.29 is 0 Å². The predicted octanol–water partition coefficient (Wildman–Crippen LogP) is 4.03. The maximum absolute atomic E-state index is 2.47. The first-order valence-corrected chi connectivity index (χ1v) is 5.48. The summed E-state index contributed by atoms with van der Waals surface area (Å²) in [7, 11) is 0. The largest absolute Gasteiger partial charge is 0.0710 e. The van der Waals surface area contributed by atoms with Gasteiger partial charge < -0.3 is 0 Å². The Morgan fingerprint density at radius 1 is 0.750 bits per heavy atom. The van der Waals surface area contributed by atoms with E-state index in [0.29, 0.717) is 0 Å². The molecule has 0 saturated heterocycles. The zero-order valence-electron chi connectivity index (χ0n) is 7.94. The van der Waals surface area contributed by atoms with Crippen LogP contribution in [0.4, 0.5) is 0 Å². The molecule has 0 saturated carbocycles. The molecule has 0 aromatic carbocycles. The van der Waals surface area contributed by atoms with E-state index < -0.39 is 0 Å². The first-order valence-electron chi connectivity index (χ1n) is 5.48. The molecular weight excluding hydrogens is 144 g/mol. The molecule has 67 valence electrons. The molecule has 0 heteroatoms. The van der Waals surface area contributed by atoms with Crippen molar-refractivity contribution >= 4 is 0 Å². The van der Waals surface area contributed by atoms with Crippen LogP contribution >= 0.6 is 0 Å². The molecule has 12 heavy (non-hydrogen) atoms. The summed E-state index contributed by atoms with van der Waals surface area (Å²) in [6.45, 7) is 0. The topological polar surface area (TPSA) is 0 Å². The highest BCUT2D eigenvalue weighted by Gasteiger charge is 2.13. The fourth-order valence-electron chi connectivity index (χ4n) is 2.48. The van der Waals surface area contributed by atoms with Crippen LogP contribution in [0.1, 0.15) is 57.8 Å². The van der Waals surface area contributed by atoms with Crippen molar-refractivity contribution in [1.29, 1.82) is 0 Å². The molecular formula is C12H19. The summed E-state index contributed by atoms with van der Waals surface area (Å²) in [6.07, 6.45) is 15.2. The van der Waals surface area contributed by atoms with Crippen molar-refractivity contribution in [3.63, 3.8) is 0 Å². The van der Waals surface area contributed by atoms with Crippen LogP contribution in [0.25, 0.3) is 0 Å². The number of hydrogen-bond acceptors (Lipinski definition) is 0. The van der Waals surface area contributed by atoms with Crippen LogP contribution in [-0.2, 0) is 0 Å². The van der Waals surface area contributed by atoms with Crippen molar-refractivity contribution in [2.45, 2.75) is 57.8 Å². The van der Waals surface area contributed by atoms with E-state index in [1.165, 1.54) is 57.8 Å². The normalized spacial score (nSPS) is 26.0. The Balaban J connectivity index is 2.06. The first kappa shape index (κ1) is 8.34. The first-order chi connectivity index (χ1) is 5.97. The summed E-state index contributed by atoms with van der Waals surface area (Å²) >= 11 is 0. The summed E-state index contributed by atoms with van der Waals surface area (Å²) in [6, 6.07) is 0. The van der Waals surface area contributed by atoms with Gasteiger partial charge in [0.2, 0.25) is 0 Å². The van der Waals surface area contributed by atoms with Gasteiger partial charge in [-0.1, -0.05) is 24.0 Å². The Labute approximate surface area is 76.1 Å². The van der Waals surface area contributed by atoms with Gasteiger partial charge in [-0.2, -0.15) is 0 Å². The van der Waals surface area contributed by atoms with E-state index in [4.69, 9.17) is 0 Å². The lowest BCUT2D eigenvalue weighted by atomic mass is 9.84. The molecule has 2 aliphatic rings. The van der Waals surface area contributed by atoms with Gasteiger partial charge in [0.05, 0.1) is 0 Å². The van der Waals surface area contributed by atoms with Crippen molar-refractivity contribution in [3.05, 3.63) is 17.6 Å². The number of hydrogen-bond donors (Lipinski definition) is 0. The van der Waals surface area contributed by atoms with Crippen molar-refractivity contribution in [2.75, 3.05) is 0 Å². The third-order valence-corrected chi connectivity index (χ3v) is 3.25. The van der Waals surface area contributed by atoms with Gasteiger partial charge in [0.15, 0.2) is 0 Å².